The number of aliphatic hydroxyl groups excluding tert-OH is 1. The molecule has 0 spiro atoms. The van der Waals surface area contributed by atoms with Crippen molar-refractivity contribution in [1.82, 2.24) is 0 Å². The van der Waals surface area contributed by atoms with E-state index >= 15 is 0 Å². The lowest BCUT2D eigenvalue weighted by molar-refractivity contribution is -0.147. The van der Waals surface area contributed by atoms with Crippen molar-refractivity contribution in [3.05, 3.63) is 34.9 Å². The van der Waals surface area contributed by atoms with Crippen LogP contribution >= 0.6 is 0 Å². The molecule has 0 amide bonds. The lowest BCUT2D eigenvalue weighted by Gasteiger charge is -2.12. The van der Waals surface area contributed by atoms with E-state index in [2.05, 4.69) is 4.74 Å². The summed E-state index contributed by atoms with van der Waals surface area (Å²) in [5.41, 5.74) is -0.194. The Hall–Kier alpha value is -2.02. The van der Waals surface area contributed by atoms with Crippen LogP contribution in [-0.2, 0) is 20.7 Å². The number of alkyl halides is 2. The molecule has 1 atom stereocenters. The Morgan fingerprint density at radius 2 is 2.00 bits per heavy atom. The number of carbonyl (C=O) groups excluding carboxylic acids is 1. The molecule has 1 rings (SSSR count). The van der Waals surface area contributed by atoms with Crippen LogP contribution in [0.3, 0.4) is 0 Å². The van der Waals surface area contributed by atoms with Gasteiger partial charge in [0.25, 0.3) is 6.43 Å². The molecular weight excluding hydrogens is 274 g/mol. The van der Waals surface area contributed by atoms with Crippen molar-refractivity contribution >= 4 is 11.9 Å². The molecule has 0 bridgehead atoms. The van der Waals surface area contributed by atoms with E-state index in [1.54, 1.807) is 0 Å². The first-order chi connectivity index (χ1) is 9.36. The van der Waals surface area contributed by atoms with Gasteiger partial charge in [0.1, 0.15) is 0 Å². The van der Waals surface area contributed by atoms with Crippen LogP contribution in [0.25, 0.3) is 0 Å². The van der Waals surface area contributed by atoms with Gasteiger partial charge in [0.05, 0.1) is 7.11 Å². The van der Waals surface area contributed by atoms with Crippen molar-refractivity contribution in [3.8, 4) is 0 Å². The minimum Gasteiger partial charge on any atom is -0.479 e. The number of esters is 1. The topological polar surface area (TPSA) is 83.8 Å². The molecule has 1 unspecified atom stereocenters. The zero-order valence-electron chi connectivity index (χ0n) is 10.7. The first-order valence-corrected chi connectivity index (χ1v) is 5.75. The van der Waals surface area contributed by atoms with Gasteiger partial charge in [0.15, 0.2) is 6.10 Å². The summed E-state index contributed by atoms with van der Waals surface area (Å²) in [5.74, 6) is -2.04. The molecular formula is C13H14F2O5. The number of methoxy groups -OCH3 is 1. The Bertz CT molecular complexity index is 502. The first-order valence-electron chi connectivity index (χ1n) is 5.75. The molecule has 2 N–H and O–H groups in total. The van der Waals surface area contributed by atoms with Gasteiger partial charge in [-0.05, 0) is 17.5 Å². The quantitative estimate of drug-likeness (QED) is 0.780. The molecule has 20 heavy (non-hydrogen) atoms. The molecule has 0 radical (unpaired) electrons. The highest BCUT2D eigenvalue weighted by Crippen LogP contribution is 2.27. The highest BCUT2D eigenvalue weighted by molar-refractivity contribution is 5.74. The Morgan fingerprint density at radius 1 is 1.35 bits per heavy atom. The molecule has 0 aliphatic heterocycles. The van der Waals surface area contributed by atoms with Crippen molar-refractivity contribution in [2.75, 3.05) is 7.11 Å². The molecule has 110 valence electrons. The fraction of sp³-hybridized carbons (Fsp3) is 0.385. The van der Waals surface area contributed by atoms with E-state index < -0.39 is 24.5 Å². The standard InChI is InChI=1S/C13H14F2O5/c1-20-10(16)5-3-7-6-8(11(17)13(18)19)2-4-9(7)12(14)15/h2,4,6,11-12,17H,3,5H2,1H3,(H,18,19). The zero-order valence-corrected chi connectivity index (χ0v) is 10.7. The molecule has 0 saturated carbocycles. The smallest absolute Gasteiger partial charge is 0.337 e. The zero-order chi connectivity index (χ0) is 15.3. The summed E-state index contributed by atoms with van der Waals surface area (Å²) in [6.45, 7) is 0. The Labute approximate surface area is 113 Å². The number of carboxylic acids is 1. The van der Waals surface area contributed by atoms with Crippen molar-refractivity contribution < 1.29 is 33.3 Å². The lowest BCUT2D eigenvalue weighted by Crippen LogP contribution is -2.12. The number of aryl methyl sites for hydroxylation is 1. The highest BCUT2D eigenvalue weighted by Gasteiger charge is 2.20. The van der Waals surface area contributed by atoms with Gasteiger partial charge in [0, 0.05) is 12.0 Å². The number of halogens is 2. The van der Waals surface area contributed by atoms with E-state index in [-0.39, 0.29) is 29.5 Å². The summed E-state index contributed by atoms with van der Waals surface area (Å²) in [7, 11) is 1.18. The molecule has 0 aliphatic carbocycles. The Morgan fingerprint density at radius 3 is 2.50 bits per heavy atom. The number of hydrogen-bond acceptors (Lipinski definition) is 4. The third-order valence-electron chi connectivity index (χ3n) is 2.78. The largest absolute Gasteiger partial charge is 0.479 e. The predicted octanol–water partition coefficient (Wildman–Crippen LogP) is 1.85. The monoisotopic (exact) mass is 288 g/mol. The average molecular weight is 288 g/mol. The number of aliphatic hydroxyl groups is 1. The van der Waals surface area contributed by atoms with Crippen molar-refractivity contribution in [3.63, 3.8) is 0 Å². The number of hydrogen-bond donors (Lipinski definition) is 2. The Kier molecular flexibility index (Phi) is 5.57. The number of rotatable bonds is 6. The third kappa shape index (κ3) is 3.99. The molecule has 1 aromatic rings. The van der Waals surface area contributed by atoms with Crippen LogP contribution in [0.2, 0.25) is 0 Å². The van der Waals surface area contributed by atoms with Gasteiger partial charge in [-0.25, -0.2) is 13.6 Å². The molecule has 0 fully saturated rings. The number of benzene rings is 1. The van der Waals surface area contributed by atoms with Crippen molar-refractivity contribution in [2.24, 2.45) is 0 Å². The van der Waals surface area contributed by atoms with Gasteiger partial charge < -0.3 is 14.9 Å². The maximum atomic E-state index is 12.8. The van der Waals surface area contributed by atoms with Crippen LogP contribution in [0.1, 0.15) is 35.6 Å². The molecule has 5 nitrogen and oxygen atoms in total. The minimum absolute atomic E-state index is 0.0123. The number of carboxylic acid groups (broad SMARTS) is 1. The van der Waals surface area contributed by atoms with E-state index in [1.807, 2.05) is 0 Å². The van der Waals surface area contributed by atoms with Gasteiger partial charge in [-0.1, -0.05) is 18.2 Å². The average Bonchev–Trinajstić information content (AvgIpc) is 2.43. The molecule has 1 aromatic carbocycles. The summed E-state index contributed by atoms with van der Waals surface area (Å²) in [5, 5.41) is 18.1. The van der Waals surface area contributed by atoms with Crippen LogP contribution in [0.5, 0.6) is 0 Å². The maximum absolute atomic E-state index is 12.8. The van der Waals surface area contributed by atoms with E-state index in [0.29, 0.717) is 0 Å². The number of carbonyl (C=O) groups is 2. The summed E-state index contributed by atoms with van der Waals surface area (Å²) in [6.07, 6.45) is -4.67. The molecule has 0 aromatic heterocycles. The fourth-order valence-corrected chi connectivity index (χ4v) is 1.71. The third-order valence-corrected chi connectivity index (χ3v) is 2.78. The van der Waals surface area contributed by atoms with Crippen molar-refractivity contribution in [2.45, 2.75) is 25.4 Å². The predicted molar refractivity (Wildman–Crippen MR) is 64.3 cm³/mol. The van der Waals surface area contributed by atoms with Crippen LogP contribution in [-0.4, -0.2) is 29.3 Å². The second-order valence-corrected chi connectivity index (χ2v) is 4.08. The molecule has 7 heteroatoms. The van der Waals surface area contributed by atoms with Gasteiger partial charge in [-0.15, -0.1) is 0 Å². The molecule has 0 aliphatic rings. The normalized spacial score (nSPS) is 12.2. The van der Waals surface area contributed by atoms with Gasteiger partial charge >= 0.3 is 11.9 Å². The minimum atomic E-state index is -2.75. The summed E-state index contributed by atoms with van der Waals surface area (Å²) in [4.78, 5) is 21.7. The SMILES string of the molecule is COC(=O)CCc1cc(C(O)C(=O)O)ccc1C(F)F. The van der Waals surface area contributed by atoms with E-state index in [9.17, 15) is 23.5 Å². The maximum Gasteiger partial charge on any atom is 0.337 e. The van der Waals surface area contributed by atoms with E-state index in [1.165, 1.54) is 13.2 Å². The van der Waals surface area contributed by atoms with Crippen molar-refractivity contribution in [1.29, 1.82) is 0 Å². The fourth-order valence-electron chi connectivity index (χ4n) is 1.71. The van der Waals surface area contributed by atoms with Crippen LogP contribution in [0.15, 0.2) is 18.2 Å². The van der Waals surface area contributed by atoms with Gasteiger partial charge in [-0.3, -0.25) is 4.79 Å². The molecule has 0 saturated heterocycles. The van der Waals surface area contributed by atoms with Crippen LogP contribution < -0.4 is 0 Å². The Balaban J connectivity index is 3.05. The van der Waals surface area contributed by atoms with Gasteiger partial charge in [-0.2, -0.15) is 0 Å². The summed E-state index contributed by atoms with van der Waals surface area (Å²) >= 11 is 0. The lowest BCUT2D eigenvalue weighted by atomic mass is 9.97. The van der Waals surface area contributed by atoms with Crippen LogP contribution in [0, 0.1) is 0 Å². The summed E-state index contributed by atoms with van der Waals surface area (Å²) < 4.78 is 30.1. The van der Waals surface area contributed by atoms with Gasteiger partial charge in [0.2, 0.25) is 0 Å². The molecule has 0 heterocycles. The van der Waals surface area contributed by atoms with Crippen LogP contribution in [0.4, 0.5) is 8.78 Å². The first kappa shape index (κ1) is 16.0. The second-order valence-electron chi connectivity index (χ2n) is 4.08. The number of aliphatic carboxylic acids is 1. The summed E-state index contributed by atoms with van der Waals surface area (Å²) in [6, 6.07) is 3.35. The highest BCUT2D eigenvalue weighted by atomic mass is 19.3. The van der Waals surface area contributed by atoms with E-state index in [0.717, 1.165) is 12.1 Å². The second kappa shape index (κ2) is 6.95. The number of ether oxygens (including phenoxy) is 1. The van der Waals surface area contributed by atoms with E-state index in [4.69, 9.17) is 5.11 Å².